The Hall–Kier alpha value is -1.64. The summed E-state index contributed by atoms with van der Waals surface area (Å²) in [6.07, 6.45) is 4.17. The lowest BCUT2D eigenvalue weighted by Gasteiger charge is -2.04. The van der Waals surface area contributed by atoms with Crippen LogP contribution < -0.4 is 0 Å². The minimum Gasteiger partial charge on any atom is -0.466 e. The summed E-state index contributed by atoms with van der Waals surface area (Å²) >= 11 is 0. The van der Waals surface area contributed by atoms with E-state index in [0.29, 0.717) is 19.4 Å². The van der Waals surface area contributed by atoms with E-state index in [9.17, 15) is 9.59 Å². The third-order valence-electron chi connectivity index (χ3n) is 3.98. The summed E-state index contributed by atoms with van der Waals surface area (Å²) in [5.41, 5.74) is 2.54. The summed E-state index contributed by atoms with van der Waals surface area (Å²) in [5.74, 6) is -0.276. The summed E-state index contributed by atoms with van der Waals surface area (Å²) in [4.78, 5) is 23.6. The van der Waals surface area contributed by atoms with Crippen molar-refractivity contribution in [3.8, 4) is 0 Å². The molecule has 1 aliphatic carbocycles. The summed E-state index contributed by atoms with van der Waals surface area (Å²) in [6.45, 7) is 4.35. The Bertz CT molecular complexity index is 507. The first-order valence-corrected chi connectivity index (χ1v) is 7.92. The first-order valence-electron chi connectivity index (χ1n) is 7.92. The van der Waals surface area contributed by atoms with Crippen molar-refractivity contribution >= 4 is 11.8 Å². The maximum atomic E-state index is 12.1. The molecular formula is C18H24O3. The van der Waals surface area contributed by atoms with Gasteiger partial charge in [0.15, 0.2) is 0 Å². The quantitative estimate of drug-likeness (QED) is 0.689. The number of hydrogen-bond acceptors (Lipinski definition) is 3. The van der Waals surface area contributed by atoms with E-state index in [-0.39, 0.29) is 23.6 Å². The van der Waals surface area contributed by atoms with E-state index in [1.165, 1.54) is 11.1 Å². The van der Waals surface area contributed by atoms with Gasteiger partial charge in [-0.2, -0.15) is 0 Å². The molecule has 2 rings (SSSR count). The van der Waals surface area contributed by atoms with Crippen LogP contribution in [0.4, 0.5) is 0 Å². The average molecular weight is 288 g/mol. The maximum absolute atomic E-state index is 12.1. The van der Waals surface area contributed by atoms with E-state index in [1.807, 2.05) is 0 Å². The van der Waals surface area contributed by atoms with Gasteiger partial charge in [0.25, 0.3) is 0 Å². The standard InChI is InChI=1S/C18H24O3/c1-3-6-13-7-5-8-14(11-13)9-10-17(19)15-12-16(15)18(20)21-4-2/h5,7-8,11,15-16H,3-4,6,9-10,12H2,1-2H3/t15-,16-/m0/s1. The van der Waals surface area contributed by atoms with E-state index >= 15 is 0 Å². The van der Waals surface area contributed by atoms with Crippen molar-refractivity contribution in [1.82, 2.24) is 0 Å². The van der Waals surface area contributed by atoms with Crippen molar-refractivity contribution in [2.24, 2.45) is 11.8 Å². The fourth-order valence-corrected chi connectivity index (χ4v) is 2.74. The van der Waals surface area contributed by atoms with E-state index < -0.39 is 0 Å². The highest BCUT2D eigenvalue weighted by Gasteiger charge is 2.48. The molecule has 0 aliphatic heterocycles. The van der Waals surface area contributed by atoms with Crippen LogP contribution in [0.25, 0.3) is 0 Å². The van der Waals surface area contributed by atoms with Gasteiger partial charge in [-0.15, -0.1) is 0 Å². The molecule has 1 aliphatic rings. The van der Waals surface area contributed by atoms with Crippen molar-refractivity contribution in [1.29, 1.82) is 0 Å². The lowest BCUT2D eigenvalue weighted by atomic mass is 10.0. The van der Waals surface area contributed by atoms with Gasteiger partial charge in [-0.05, 0) is 37.3 Å². The third kappa shape index (κ3) is 4.42. The Labute approximate surface area is 126 Å². The number of carbonyl (C=O) groups excluding carboxylic acids is 2. The molecule has 0 amide bonds. The maximum Gasteiger partial charge on any atom is 0.309 e. The largest absolute Gasteiger partial charge is 0.466 e. The Balaban J connectivity index is 1.80. The van der Waals surface area contributed by atoms with Gasteiger partial charge in [-0.1, -0.05) is 37.6 Å². The number of esters is 1. The van der Waals surface area contributed by atoms with Crippen LogP contribution in [-0.2, 0) is 27.2 Å². The Kier molecular flexibility index (Phi) is 5.54. The number of rotatable bonds is 8. The zero-order valence-corrected chi connectivity index (χ0v) is 12.9. The third-order valence-corrected chi connectivity index (χ3v) is 3.98. The zero-order valence-electron chi connectivity index (χ0n) is 12.9. The molecule has 0 aromatic heterocycles. The highest BCUT2D eigenvalue weighted by atomic mass is 16.5. The van der Waals surface area contributed by atoms with E-state index in [1.54, 1.807) is 6.92 Å². The fourth-order valence-electron chi connectivity index (χ4n) is 2.74. The van der Waals surface area contributed by atoms with Gasteiger partial charge in [0.2, 0.25) is 0 Å². The van der Waals surface area contributed by atoms with Gasteiger partial charge >= 0.3 is 5.97 Å². The average Bonchev–Trinajstić information content (AvgIpc) is 3.26. The number of hydrogen-bond donors (Lipinski definition) is 0. The zero-order chi connectivity index (χ0) is 15.2. The van der Waals surface area contributed by atoms with E-state index in [0.717, 1.165) is 19.3 Å². The predicted molar refractivity (Wildman–Crippen MR) is 82.0 cm³/mol. The number of ketones is 1. The summed E-state index contributed by atoms with van der Waals surface area (Å²) in [5, 5.41) is 0. The lowest BCUT2D eigenvalue weighted by Crippen LogP contribution is -2.12. The van der Waals surface area contributed by atoms with Crippen LogP contribution in [0, 0.1) is 11.8 Å². The van der Waals surface area contributed by atoms with Crippen LogP contribution in [0.5, 0.6) is 0 Å². The van der Waals surface area contributed by atoms with Crippen molar-refractivity contribution in [3.63, 3.8) is 0 Å². The first-order chi connectivity index (χ1) is 10.2. The van der Waals surface area contributed by atoms with E-state index in [2.05, 4.69) is 31.2 Å². The second-order valence-corrected chi connectivity index (χ2v) is 5.74. The van der Waals surface area contributed by atoms with Gasteiger partial charge in [0.05, 0.1) is 12.5 Å². The molecule has 114 valence electrons. The van der Waals surface area contributed by atoms with E-state index in [4.69, 9.17) is 4.74 Å². The van der Waals surface area contributed by atoms with Gasteiger partial charge in [0.1, 0.15) is 5.78 Å². The number of carbonyl (C=O) groups is 2. The minimum atomic E-state index is -0.208. The van der Waals surface area contributed by atoms with Crippen LogP contribution in [0.1, 0.15) is 44.2 Å². The second kappa shape index (κ2) is 7.39. The first kappa shape index (κ1) is 15.7. The van der Waals surface area contributed by atoms with Crippen molar-refractivity contribution in [3.05, 3.63) is 35.4 Å². The van der Waals surface area contributed by atoms with Gasteiger partial charge in [-0.3, -0.25) is 9.59 Å². The summed E-state index contributed by atoms with van der Waals surface area (Å²) in [6, 6.07) is 8.45. The topological polar surface area (TPSA) is 43.4 Å². The number of ether oxygens (including phenoxy) is 1. The molecule has 1 aromatic carbocycles. The molecule has 1 saturated carbocycles. The molecule has 2 atom stereocenters. The van der Waals surface area contributed by atoms with Crippen LogP contribution >= 0.6 is 0 Å². The van der Waals surface area contributed by atoms with Gasteiger partial charge in [-0.25, -0.2) is 0 Å². The molecule has 0 radical (unpaired) electrons. The Morgan fingerprint density at radius 3 is 2.52 bits per heavy atom. The Morgan fingerprint density at radius 1 is 1.14 bits per heavy atom. The van der Waals surface area contributed by atoms with Gasteiger partial charge in [0, 0.05) is 12.3 Å². The molecule has 0 unspecified atom stereocenters. The van der Waals surface area contributed by atoms with Gasteiger partial charge < -0.3 is 4.74 Å². The van der Waals surface area contributed by atoms with Crippen LogP contribution in [0.15, 0.2) is 24.3 Å². The van der Waals surface area contributed by atoms with Crippen molar-refractivity contribution in [2.45, 2.75) is 46.0 Å². The minimum absolute atomic E-state index is 0.0946. The molecule has 1 fully saturated rings. The Morgan fingerprint density at radius 2 is 1.86 bits per heavy atom. The molecule has 0 spiro atoms. The fraction of sp³-hybridized carbons (Fsp3) is 0.556. The molecule has 1 aromatic rings. The molecule has 3 nitrogen and oxygen atoms in total. The van der Waals surface area contributed by atoms with Crippen LogP contribution in [-0.4, -0.2) is 18.4 Å². The summed E-state index contributed by atoms with van der Waals surface area (Å²) in [7, 11) is 0. The SMILES string of the molecule is CCCc1cccc(CCC(=O)[C@H]2C[C@@H]2C(=O)OCC)c1. The lowest BCUT2D eigenvalue weighted by molar-refractivity contribution is -0.145. The molecule has 0 bridgehead atoms. The second-order valence-electron chi connectivity index (χ2n) is 5.74. The number of Topliss-reactive ketones (excluding diaryl/α,β-unsaturated/α-hetero) is 1. The monoisotopic (exact) mass is 288 g/mol. The van der Waals surface area contributed by atoms with Crippen molar-refractivity contribution < 1.29 is 14.3 Å². The molecular weight excluding hydrogens is 264 g/mol. The molecule has 21 heavy (non-hydrogen) atoms. The molecule has 0 saturated heterocycles. The van der Waals surface area contributed by atoms with Crippen molar-refractivity contribution in [2.75, 3.05) is 6.61 Å². The highest BCUT2D eigenvalue weighted by molar-refractivity contribution is 5.91. The molecule has 0 heterocycles. The molecule has 3 heteroatoms. The number of aryl methyl sites for hydroxylation is 2. The normalized spacial score (nSPS) is 20.1. The van der Waals surface area contributed by atoms with Crippen LogP contribution in [0.2, 0.25) is 0 Å². The predicted octanol–water partition coefficient (Wildman–Crippen LogP) is 3.34. The number of benzene rings is 1. The highest BCUT2D eigenvalue weighted by Crippen LogP contribution is 2.41. The summed E-state index contributed by atoms with van der Waals surface area (Å²) < 4.78 is 4.96. The van der Waals surface area contributed by atoms with Crippen LogP contribution in [0.3, 0.4) is 0 Å². The smallest absolute Gasteiger partial charge is 0.309 e. The molecule has 0 N–H and O–H groups in total.